The maximum Gasteiger partial charge on any atom is 0.303 e. The second kappa shape index (κ2) is 8.98. The van der Waals surface area contributed by atoms with Crippen LogP contribution in [-0.4, -0.2) is 67.3 Å². The highest BCUT2D eigenvalue weighted by atomic mass is 16.7. The summed E-state index contributed by atoms with van der Waals surface area (Å²) in [6, 6.07) is 5.48. The molecule has 1 aliphatic rings. The molecule has 0 aliphatic carbocycles. The summed E-state index contributed by atoms with van der Waals surface area (Å²) in [4.78, 5) is 25.0. The van der Waals surface area contributed by atoms with E-state index in [9.17, 15) is 40.2 Å². The summed E-state index contributed by atoms with van der Waals surface area (Å²) in [5.41, 5.74) is -1.11. The Hall–Kier alpha value is -4.00. The van der Waals surface area contributed by atoms with E-state index in [1.54, 1.807) is 0 Å². The third-order valence-electron chi connectivity index (χ3n) is 5.48. The number of hydrogen-bond acceptors (Lipinski definition) is 12. The molecule has 12 nitrogen and oxygen atoms in total. The Morgan fingerprint density at radius 2 is 1.69 bits per heavy atom. The van der Waals surface area contributed by atoms with Gasteiger partial charge in [-0.1, -0.05) is 0 Å². The first-order valence-electron chi connectivity index (χ1n) is 10.4. The van der Waals surface area contributed by atoms with Crippen LogP contribution in [-0.2, 0) is 14.3 Å². The van der Waals surface area contributed by atoms with E-state index in [1.807, 2.05) is 0 Å². The molecular weight excluding hydrogens is 468 g/mol. The van der Waals surface area contributed by atoms with Crippen LogP contribution in [0.1, 0.15) is 13.8 Å². The number of fused-ring (bicyclic) bond motifs is 1. The van der Waals surface area contributed by atoms with Crippen LogP contribution in [0.5, 0.6) is 28.7 Å². The van der Waals surface area contributed by atoms with Gasteiger partial charge in [-0.25, -0.2) is 0 Å². The summed E-state index contributed by atoms with van der Waals surface area (Å²) in [6.45, 7) is 2.48. The van der Waals surface area contributed by atoms with Gasteiger partial charge in [0, 0.05) is 24.6 Å². The first-order valence-corrected chi connectivity index (χ1v) is 10.4. The molecule has 1 saturated heterocycles. The lowest BCUT2D eigenvalue weighted by atomic mass is 9.99. The van der Waals surface area contributed by atoms with Crippen LogP contribution in [0.2, 0.25) is 0 Å². The van der Waals surface area contributed by atoms with E-state index in [1.165, 1.54) is 13.0 Å². The van der Waals surface area contributed by atoms with Crippen LogP contribution in [0.15, 0.2) is 39.5 Å². The van der Waals surface area contributed by atoms with Crippen LogP contribution in [0.25, 0.3) is 22.3 Å². The molecule has 1 aliphatic heterocycles. The number of hydrogen-bond donors (Lipinski definition) is 6. The van der Waals surface area contributed by atoms with Crippen molar-refractivity contribution in [1.29, 1.82) is 0 Å². The molecule has 5 unspecified atom stereocenters. The third kappa shape index (κ3) is 4.41. The third-order valence-corrected chi connectivity index (χ3v) is 5.48. The van der Waals surface area contributed by atoms with Gasteiger partial charge in [-0.05, 0) is 25.1 Å². The van der Waals surface area contributed by atoms with E-state index in [-0.39, 0.29) is 22.3 Å². The Morgan fingerprint density at radius 1 is 0.971 bits per heavy atom. The van der Waals surface area contributed by atoms with Gasteiger partial charge in [-0.2, -0.15) is 0 Å². The van der Waals surface area contributed by atoms with E-state index in [2.05, 4.69) is 0 Å². The molecule has 3 aromatic rings. The highest BCUT2D eigenvalue weighted by Gasteiger charge is 2.47. The van der Waals surface area contributed by atoms with E-state index in [0.717, 1.165) is 31.2 Å². The van der Waals surface area contributed by atoms with Crippen molar-refractivity contribution in [2.75, 3.05) is 0 Å². The standard InChI is InChI=1S/C23H22O12/c1-8-17(29)19(31)22(33-9(2)24)23(32-8)35-21-18(30)16-14(28)6-11(25)7-15(16)34-20(21)10-3-4-12(26)13(27)5-10/h3-8,17,19,22-23,25-29,31H,1-2H3. The Bertz CT molecular complexity index is 1350. The van der Waals surface area contributed by atoms with Crippen LogP contribution < -0.4 is 10.2 Å². The van der Waals surface area contributed by atoms with Crippen molar-refractivity contribution in [3.8, 4) is 40.1 Å². The zero-order valence-corrected chi connectivity index (χ0v) is 18.4. The van der Waals surface area contributed by atoms with Gasteiger partial charge in [0.05, 0.1) is 6.10 Å². The van der Waals surface area contributed by atoms with Crippen LogP contribution in [0.3, 0.4) is 0 Å². The quantitative estimate of drug-likeness (QED) is 0.225. The van der Waals surface area contributed by atoms with Gasteiger partial charge >= 0.3 is 5.97 Å². The minimum absolute atomic E-state index is 0.0469. The number of aliphatic hydroxyl groups excluding tert-OH is 2. The molecule has 5 atom stereocenters. The van der Waals surface area contributed by atoms with E-state index in [4.69, 9.17) is 18.6 Å². The van der Waals surface area contributed by atoms with E-state index < -0.39 is 70.9 Å². The first kappa shape index (κ1) is 24.1. The van der Waals surface area contributed by atoms with Gasteiger partial charge in [0.1, 0.15) is 34.7 Å². The molecule has 2 heterocycles. The maximum atomic E-state index is 13.4. The molecule has 4 rings (SSSR count). The average molecular weight is 490 g/mol. The number of aromatic hydroxyl groups is 4. The lowest BCUT2D eigenvalue weighted by molar-refractivity contribution is -0.273. The molecule has 0 spiro atoms. The maximum absolute atomic E-state index is 13.4. The fourth-order valence-corrected chi connectivity index (χ4v) is 3.76. The van der Waals surface area contributed by atoms with Crippen molar-refractivity contribution >= 4 is 16.9 Å². The number of carbonyl (C=O) groups is 1. The van der Waals surface area contributed by atoms with E-state index >= 15 is 0 Å². The van der Waals surface area contributed by atoms with Gasteiger partial charge in [0.15, 0.2) is 23.4 Å². The lowest BCUT2D eigenvalue weighted by Crippen LogP contribution is -2.59. The molecule has 1 fully saturated rings. The molecule has 35 heavy (non-hydrogen) atoms. The summed E-state index contributed by atoms with van der Waals surface area (Å²) in [6.07, 6.45) is -7.22. The number of carbonyl (C=O) groups excluding carboxylic acids is 1. The molecule has 0 bridgehead atoms. The second-order valence-electron chi connectivity index (χ2n) is 8.01. The normalized spacial score (nSPS) is 24.3. The Labute approximate surface area is 196 Å². The minimum atomic E-state index is -1.63. The highest BCUT2D eigenvalue weighted by Crippen LogP contribution is 2.39. The molecule has 12 heteroatoms. The Kier molecular flexibility index (Phi) is 6.19. The SMILES string of the molecule is CC(=O)OC1C(Oc2c(-c3ccc(O)c(O)c3)oc3cc(O)cc(O)c3c2=O)OC(C)C(O)C1O. The van der Waals surface area contributed by atoms with Crippen molar-refractivity contribution in [2.45, 2.75) is 44.6 Å². The molecule has 0 radical (unpaired) electrons. The van der Waals surface area contributed by atoms with Crippen LogP contribution >= 0.6 is 0 Å². The van der Waals surface area contributed by atoms with E-state index in [0.29, 0.717) is 0 Å². The smallest absolute Gasteiger partial charge is 0.303 e. The average Bonchev–Trinajstić information content (AvgIpc) is 2.77. The first-order chi connectivity index (χ1) is 16.5. The number of phenols is 4. The Morgan fingerprint density at radius 3 is 2.34 bits per heavy atom. The van der Waals surface area contributed by atoms with Crippen molar-refractivity contribution in [1.82, 2.24) is 0 Å². The predicted octanol–water partition coefficient (Wildman–Crippen LogP) is 1.06. The van der Waals surface area contributed by atoms with Gasteiger partial charge in [-0.3, -0.25) is 9.59 Å². The highest BCUT2D eigenvalue weighted by molar-refractivity contribution is 5.88. The van der Waals surface area contributed by atoms with Crippen molar-refractivity contribution in [2.24, 2.45) is 0 Å². The fraction of sp³-hybridized carbons (Fsp3) is 0.304. The monoisotopic (exact) mass is 490 g/mol. The van der Waals surface area contributed by atoms with Crippen LogP contribution in [0.4, 0.5) is 0 Å². The van der Waals surface area contributed by atoms with Crippen molar-refractivity contribution < 1.29 is 54.1 Å². The summed E-state index contributed by atoms with van der Waals surface area (Å²) >= 11 is 0. The van der Waals surface area contributed by atoms with Gasteiger partial charge in [0.2, 0.25) is 17.5 Å². The molecule has 6 N–H and O–H groups in total. The largest absolute Gasteiger partial charge is 0.508 e. The van der Waals surface area contributed by atoms with Crippen molar-refractivity contribution in [3.05, 3.63) is 40.6 Å². The lowest BCUT2D eigenvalue weighted by Gasteiger charge is -2.40. The number of rotatable bonds is 4. The van der Waals surface area contributed by atoms with Gasteiger partial charge < -0.3 is 49.3 Å². The number of benzene rings is 2. The number of esters is 1. The zero-order chi connectivity index (χ0) is 25.6. The topological polar surface area (TPSA) is 196 Å². The summed E-state index contributed by atoms with van der Waals surface area (Å²) in [5, 5.41) is 60.0. The zero-order valence-electron chi connectivity index (χ0n) is 18.4. The molecule has 186 valence electrons. The predicted molar refractivity (Wildman–Crippen MR) is 117 cm³/mol. The molecule has 1 aromatic heterocycles. The van der Waals surface area contributed by atoms with Crippen LogP contribution in [0, 0.1) is 0 Å². The molecule has 0 saturated carbocycles. The summed E-state index contributed by atoms with van der Waals surface area (Å²) in [7, 11) is 0. The van der Waals surface area contributed by atoms with Gasteiger partial charge in [0.25, 0.3) is 0 Å². The molecule has 0 amide bonds. The summed E-state index contributed by atoms with van der Waals surface area (Å²) < 4.78 is 22.1. The molecular formula is C23H22O12. The van der Waals surface area contributed by atoms with Crippen molar-refractivity contribution in [3.63, 3.8) is 0 Å². The number of aliphatic hydroxyl groups is 2. The Balaban J connectivity index is 1.92. The molecule has 2 aromatic carbocycles. The van der Waals surface area contributed by atoms with Gasteiger partial charge in [-0.15, -0.1) is 0 Å². The number of phenolic OH excluding ortho intramolecular Hbond substituents is 4. The minimum Gasteiger partial charge on any atom is -0.508 e. The second-order valence-corrected chi connectivity index (χ2v) is 8.01. The fourth-order valence-electron chi connectivity index (χ4n) is 3.76. The number of ether oxygens (including phenoxy) is 3. The summed E-state index contributed by atoms with van der Waals surface area (Å²) in [5.74, 6) is -3.72.